The molecule has 3 rings (SSSR count). The Labute approximate surface area is 186 Å². The summed E-state index contributed by atoms with van der Waals surface area (Å²) in [5.41, 5.74) is 0.400. The average Bonchev–Trinajstić information content (AvgIpc) is 2.71. The number of piperazine rings is 1. The van der Waals surface area contributed by atoms with Crippen LogP contribution < -0.4 is 15.4 Å². The van der Waals surface area contributed by atoms with Crippen LogP contribution in [0.15, 0.2) is 24.3 Å². The topological polar surface area (TPSA) is 73.9 Å². The van der Waals surface area contributed by atoms with Crippen molar-refractivity contribution in [2.24, 2.45) is 5.92 Å². The van der Waals surface area contributed by atoms with Gasteiger partial charge in [-0.2, -0.15) is 0 Å². The van der Waals surface area contributed by atoms with Gasteiger partial charge in [-0.15, -0.1) is 13.2 Å². The number of hydrogen-bond acceptors (Lipinski definition) is 5. The van der Waals surface area contributed by atoms with Crippen molar-refractivity contribution in [2.45, 2.75) is 45.0 Å². The molecule has 1 aliphatic carbocycles. The predicted molar refractivity (Wildman–Crippen MR) is 114 cm³/mol. The van der Waals surface area contributed by atoms with Crippen molar-refractivity contribution in [1.29, 1.82) is 0 Å². The Morgan fingerprint density at radius 2 is 1.53 bits per heavy atom. The number of halogens is 3. The Morgan fingerprint density at radius 3 is 2.09 bits per heavy atom. The van der Waals surface area contributed by atoms with E-state index in [2.05, 4.69) is 27.2 Å². The zero-order valence-corrected chi connectivity index (χ0v) is 18.3. The molecule has 2 aliphatic rings. The van der Waals surface area contributed by atoms with Crippen LogP contribution in [0.3, 0.4) is 0 Å². The molecule has 1 saturated heterocycles. The predicted octanol–water partition coefficient (Wildman–Crippen LogP) is 2.84. The summed E-state index contributed by atoms with van der Waals surface area (Å²) in [6.07, 6.45) is -0.130. The first-order valence-electron chi connectivity index (χ1n) is 11.1. The smallest absolute Gasteiger partial charge is 0.406 e. The zero-order chi connectivity index (χ0) is 23.1. The lowest BCUT2D eigenvalue weighted by Gasteiger charge is -2.35. The van der Waals surface area contributed by atoms with E-state index in [-0.39, 0.29) is 30.2 Å². The number of rotatable bonds is 7. The van der Waals surface area contributed by atoms with Gasteiger partial charge in [-0.3, -0.25) is 19.4 Å². The van der Waals surface area contributed by atoms with E-state index in [9.17, 15) is 22.8 Å². The highest BCUT2D eigenvalue weighted by Gasteiger charge is 2.31. The van der Waals surface area contributed by atoms with Crippen molar-refractivity contribution in [3.8, 4) is 5.75 Å². The molecular formula is C22H31F3N4O3. The van der Waals surface area contributed by atoms with Crippen molar-refractivity contribution in [3.63, 3.8) is 0 Å². The molecule has 178 valence electrons. The molecule has 1 aliphatic heterocycles. The number of anilines is 1. The maximum Gasteiger partial charge on any atom is 0.573 e. The highest BCUT2D eigenvalue weighted by Crippen LogP contribution is 2.24. The normalized spacial score (nSPS) is 22.9. The number of benzene rings is 1. The molecule has 2 unspecified atom stereocenters. The summed E-state index contributed by atoms with van der Waals surface area (Å²) in [4.78, 5) is 28.7. The number of carbonyl (C=O) groups is 2. The molecule has 0 spiro atoms. The van der Waals surface area contributed by atoms with E-state index in [1.807, 2.05) is 4.90 Å². The van der Waals surface area contributed by atoms with E-state index >= 15 is 0 Å². The standard InChI is InChI=1S/C22H31F3N4O3/c1-16-4-2-3-5-19(16)27-21(31)15-29-12-10-28(11-13-29)14-20(30)26-17-6-8-18(9-7-17)32-22(23,24)25/h6-9,16,19H,2-5,10-15H2,1H3,(H,26,30)(H,27,31). The van der Waals surface area contributed by atoms with Gasteiger partial charge < -0.3 is 15.4 Å². The molecular weight excluding hydrogens is 425 g/mol. The van der Waals surface area contributed by atoms with Crippen LogP contribution in [-0.4, -0.2) is 73.3 Å². The lowest BCUT2D eigenvalue weighted by atomic mass is 9.86. The Hall–Kier alpha value is -2.33. The van der Waals surface area contributed by atoms with E-state index in [1.54, 1.807) is 0 Å². The van der Waals surface area contributed by atoms with Crippen LogP contribution in [0.25, 0.3) is 0 Å². The van der Waals surface area contributed by atoms with Crippen LogP contribution in [0.1, 0.15) is 32.6 Å². The molecule has 32 heavy (non-hydrogen) atoms. The minimum atomic E-state index is -4.75. The molecule has 1 aromatic carbocycles. The van der Waals surface area contributed by atoms with E-state index < -0.39 is 6.36 Å². The molecule has 1 saturated carbocycles. The van der Waals surface area contributed by atoms with Gasteiger partial charge in [0.15, 0.2) is 0 Å². The van der Waals surface area contributed by atoms with Gasteiger partial charge in [0.25, 0.3) is 0 Å². The van der Waals surface area contributed by atoms with Crippen molar-refractivity contribution < 1.29 is 27.5 Å². The van der Waals surface area contributed by atoms with Gasteiger partial charge in [0.05, 0.1) is 13.1 Å². The second-order valence-electron chi connectivity index (χ2n) is 8.61. The number of ether oxygens (including phenoxy) is 1. The minimum Gasteiger partial charge on any atom is -0.406 e. The van der Waals surface area contributed by atoms with Gasteiger partial charge in [-0.1, -0.05) is 19.8 Å². The van der Waals surface area contributed by atoms with Crippen LogP contribution >= 0.6 is 0 Å². The Kier molecular flexibility index (Phi) is 8.36. The number of hydrogen-bond donors (Lipinski definition) is 2. The van der Waals surface area contributed by atoms with Gasteiger partial charge in [-0.25, -0.2) is 0 Å². The van der Waals surface area contributed by atoms with Gasteiger partial charge in [0.2, 0.25) is 11.8 Å². The van der Waals surface area contributed by atoms with Crippen molar-refractivity contribution in [1.82, 2.24) is 15.1 Å². The van der Waals surface area contributed by atoms with Crippen LogP contribution in [0.4, 0.5) is 18.9 Å². The fourth-order valence-electron chi connectivity index (χ4n) is 4.24. The molecule has 10 heteroatoms. The van der Waals surface area contributed by atoms with Gasteiger partial charge in [0, 0.05) is 37.9 Å². The maximum atomic E-state index is 12.4. The zero-order valence-electron chi connectivity index (χ0n) is 18.3. The SMILES string of the molecule is CC1CCCCC1NC(=O)CN1CCN(CC(=O)Nc2ccc(OC(F)(F)F)cc2)CC1. The third kappa shape index (κ3) is 7.98. The fourth-order valence-corrected chi connectivity index (χ4v) is 4.24. The Bertz CT molecular complexity index is 765. The second-order valence-corrected chi connectivity index (χ2v) is 8.61. The van der Waals surface area contributed by atoms with Gasteiger partial charge >= 0.3 is 6.36 Å². The number of nitrogens with one attached hydrogen (secondary N) is 2. The Balaban J connectivity index is 1.35. The minimum absolute atomic E-state index is 0.0629. The number of alkyl halides is 3. The molecule has 1 heterocycles. The van der Waals surface area contributed by atoms with E-state index in [0.29, 0.717) is 44.3 Å². The van der Waals surface area contributed by atoms with E-state index in [1.165, 1.54) is 25.0 Å². The lowest BCUT2D eigenvalue weighted by molar-refractivity contribution is -0.274. The second kappa shape index (κ2) is 11.0. The molecule has 2 N–H and O–H groups in total. The van der Waals surface area contributed by atoms with Crippen LogP contribution in [0, 0.1) is 5.92 Å². The molecule has 1 aromatic rings. The highest BCUT2D eigenvalue weighted by atomic mass is 19.4. The molecule has 7 nitrogen and oxygen atoms in total. The number of carbonyl (C=O) groups excluding carboxylic acids is 2. The molecule has 0 radical (unpaired) electrons. The molecule has 2 amide bonds. The van der Waals surface area contributed by atoms with Crippen LogP contribution in [0.2, 0.25) is 0 Å². The largest absolute Gasteiger partial charge is 0.573 e. The quantitative estimate of drug-likeness (QED) is 0.660. The molecule has 2 fully saturated rings. The summed E-state index contributed by atoms with van der Waals surface area (Å²) in [6.45, 7) is 5.47. The van der Waals surface area contributed by atoms with Crippen LogP contribution in [-0.2, 0) is 9.59 Å². The molecule has 0 bridgehead atoms. The lowest BCUT2D eigenvalue weighted by Crippen LogP contribution is -2.52. The first-order chi connectivity index (χ1) is 15.2. The Morgan fingerprint density at radius 1 is 0.969 bits per heavy atom. The summed E-state index contributed by atoms with van der Waals surface area (Å²) in [5.74, 6) is 0.00453. The summed E-state index contributed by atoms with van der Waals surface area (Å²) in [6, 6.07) is 5.31. The van der Waals surface area contributed by atoms with E-state index in [4.69, 9.17) is 0 Å². The van der Waals surface area contributed by atoms with Crippen molar-refractivity contribution >= 4 is 17.5 Å². The van der Waals surface area contributed by atoms with Gasteiger partial charge in [0.1, 0.15) is 5.75 Å². The third-order valence-corrected chi connectivity index (χ3v) is 6.03. The highest BCUT2D eigenvalue weighted by molar-refractivity contribution is 5.92. The van der Waals surface area contributed by atoms with Gasteiger partial charge in [-0.05, 0) is 43.0 Å². The maximum absolute atomic E-state index is 12.4. The van der Waals surface area contributed by atoms with Crippen molar-refractivity contribution in [3.05, 3.63) is 24.3 Å². The first-order valence-corrected chi connectivity index (χ1v) is 11.1. The average molecular weight is 457 g/mol. The molecule has 2 atom stereocenters. The number of nitrogens with zero attached hydrogens (tertiary/aromatic N) is 2. The summed E-state index contributed by atoms with van der Waals surface area (Å²) in [7, 11) is 0. The summed E-state index contributed by atoms with van der Waals surface area (Å²) >= 11 is 0. The monoisotopic (exact) mass is 456 g/mol. The number of amides is 2. The summed E-state index contributed by atoms with van der Waals surface area (Å²) in [5, 5.41) is 5.85. The summed E-state index contributed by atoms with van der Waals surface area (Å²) < 4.78 is 40.4. The first kappa shape index (κ1) is 24.3. The fraction of sp³-hybridized carbons (Fsp3) is 0.636. The van der Waals surface area contributed by atoms with Crippen LogP contribution in [0.5, 0.6) is 5.75 Å². The van der Waals surface area contributed by atoms with Crippen molar-refractivity contribution in [2.75, 3.05) is 44.6 Å². The molecule has 0 aromatic heterocycles. The van der Waals surface area contributed by atoms with E-state index in [0.717, 1.165) is 25.0 Å². The third-order valence-electron chi connectivity index (χ3n) is 6.03.